The molecule has 0 fully saturated rings. The van der Waals surface area contributed by atoms with Gasteiger partial charge in [-0.15, -0.1) is 21.5 Å². The Hall–Kier alpha value is -2.68. The third kappa shape index (κ3) is 3.66. The summed E-state index contributed by atoms with van der Waals surface area (Å²) in [5.41, 5.74) is 3.23. The smallest absolute Gasteiger partial charge is 0.253 e. The molecule has 0 saturated heterocycles. The fourth-order valence-electron chi connectivity index (χ4n) is 2.89. The van der Waals surface area contributed by atoms with E-state index in [-0.39, 0.29) is 0 Å². The van der Waals surface area contributed by atoms with Gasteiger partial charge in [0.25, 0.3) is 5.89 Å². The summed E-state index contributed by atoms with van der Waals surface area (Å²) in [6.07, 6.45) is 0. The first-order valence-corrected chi connectivity index (χ1v) is 10.9. The van der Waals surface area contributed by atoms with Crippen molar-refractivity contribution in [1.29, 1.82) is 0 Å². The fraction of sp³-hybridized carbons (Fsp3) is 0.100. The molecule has 0 aliphatic heterocycles. The highest BCUT2D eigenvalue weighted by Gasteiger charge is 2.22. The number of nitrogens with zero attached hydrogens (tertiary/aromatic N) is 4. The van der Waals surface area contributed by atoms with E-state index in [0.717, 1.165) is 25.7 Å². The third-order valence-corrected chi connectivity index (χ3v) is 6.64. The van der Waals surface area contributed by atoms with Gasteiger partial charge in [-0.05, 0) is 25.1 Å². The zero-order chi connectivity index (χ0) is 19.8. The normalized spacial score (nSPS) is 11.4. The summed E-state index contributed by atoms with van der Waals surface area (Å²) in [6, 6.07) is 15.5. The number of halogens is 1. The fourth-order valence-corrected chi connectivity index (χ4v) is 4.95. The number of rotatable bonds is 5. The van der Waals surface area contributed by atoms with Gasteiger partial charge in [0, 0.05) is 10.6 Å². The molecular formula is C20H13ClN4O2S2. The lowest BCUT2D eigenvalue weighted by atomic mass is 10.1. The van der Waals surface area contributed by atoms with Crippen LogP contribution in [0.25, 0.3) is 32.9 Å². The lowest BCUT2D eigenvalue weighted by Crippen LogP contribution is -1.84. The van der Waals surface area contributed by atoms with Crippen LogP contribution in [0, 0.1) is 6.92 Å². The van der Waals surface area contributed by atoms with Gasteiger partial charge in [0.1, 0.15) is 17.0 Å². The first kappa shape index (κ1) is 18.4. The maximum Gasteiger partial charge on any atom is 0.253 e. The summed E-state index contributed by atoms with van der Waals surface area (Å²) in [4.78, 5) is 4.60. The molecule has 0 amide bonds. The van der Waals surface area contributed by atoms with Crippen molar-refractivity contribution in [1.82, 2.24) is 20.3 Å². The molecule has 0 bridgehead atoms. The molecule has 144 valence electrons. The Morgan fingerprint density at radius 2 is 1.97 bits per heavy atom. The van der Waals surface area contributed by atoms with E-state index in [9.17, 15) is 0 Å². The molecule has 0 spiro atoms. The Morgan fingerprint density at radius 3 is 2.83 bits per heavy atom. The van der Waals surface area contributed by atoms with E-state index in [1.165, 1.54) is 0 Å². The predicted molar refractivity (Wildman–Crippen MR) is 114 cm³/mol. The van der Waals surface area contributed by atoms with Gasteiger partial charge in [-0.3, -0.25) is 0 Å². The predicted octanol–water partition coefficient (Wildman–Crippen LogP) is 6.26. The molecule has 0 atom stereocenters. The summed E-state index contributed by atoms with van der Waals surface area (Å²) in [6.45, 7) is 1.83. The number of thioether (sulfide) groups is 1. The zero-order valence-corrected chi connectivity index (χ0v) is 17.5. The van der Waals surface area contributed by atoms with Crippen LogP contribution in [0.2, 0.25) is 5.02 Å². The SMILES string of the molecule is Cc1onc(-c2ccccc2)c1-c1nnc(CSc2nc3cc(Cl)ccc3s2)o1. The number of aryl methyl sites for hydroxylation is 1. The molecule has 6 nitrogen and oxygen atoms in total. The van der Waals surface area contributed by atoms with Crippen molar-refractivity contribution >= 4 is 44.9 Å². The van der Waals surface area contributed by atoms with Gasteiger partial charge < -0.3 is 8.94 Å². The molecule has 0 unspecified atom stereocenters. The van der Waals surface area contributed by atoms with E-state index in [2.05, 4.69) is 20.3 Å². The maximum atomic E-state index is 6.03. The molecule has 0 saturated carbocycles. The largest absolute Gasteiger partial charge is 0.420 e. The summed E-state index contributed by atoms with van der Waals surface area (Å²) in [5.74, 6) is 2.07. The van der Waals surface area contributed by atoms with Gasteiger partial charge in [-0.1, -0.05) is 58.9 Å². The molecule has 2 aromatic carbocycles. The topological polar surface area (TPSA) is 77.8 Å². The van der Waals surface area contributed by atoms with E-state index in [4.69, 9.17) is 20.5 Å². The van der Waals surface area contributed by atoms with Crippen LogP contribution in [0.5, 0.6) is 0 Å². The average molecular weight is 441 g/mol. The maximum absolute atomic E-state index is 6.03. The van der Waals surface area contributed by atoms with Crippen LogP contribution in [0.3, 0.4) is 0 Å². The van der Waals surface area contributed by atoms with Crippen LogP contribution in [0.4, 0.5) is 0 Å². The van der Waals surface area contributed by atoms with Crippen LogP contribution in [-0.2, 0) is 5.75 Å². The van der Waals surface area contributed by atoms with E-state index >= 15 is 0 Å². The van der Waals surface area contributed by atoms with Crippen LogP contribution in [-0.4, -0.2) is 20.3 Å². The van der Waals surface area contributed by atoms with E-state index in [0.29, 0.717) is 34.0 Å². The zero-order valence-electron chi connectivity index (χ0n) is 15.1. The highest BCUT2D eigenvalue weighted by atomic mass is 35.5. The molecule has 9 heteroatoms. The van der Waals surface area contributed by atoms with Crippen molar-refractivity contribution in [3.05, 3.63) is 65.2 Å². The van der Waals surface area contributed by atoms with Crippen LogP contribution in [0.1, 0.15) is 11.7 Å². The van der Waals surface area contributed by atoms with Gasteiger partial charge in [0.15, 0.2) is 4.34 Å². The quantitative estimate of drug-likeness (QED) is 0.298. The van der Waals surface area contributed by atoms with E-state index in [1.54, 1.807) is 23.1 Å². The van der Waals surface area contributed by atoms with Gasteiger partial charge in [-0.25, -0.2) is 4.98 Å². The summed E-state index contributed by atoms with van der Waals surface area (Å²) in [5, 5.41) is 13.2. The third-order valence-electron chi connectivity index (χ3n) is 4.24. The number of hydrogen-bond acceptors (Lipinski definition) is 8. The molecular weight excluding hydrogens is 428 g/mol. The lowest BCUT2D eigenvalue weighted by Gasteiger charge is -1.98. The van der Waals surface area contributed by atoms with Crippen molar-refractivity contribution < 1.29 is 8.94 Å². The van der Waals surface area contributed by atoms with E-state index in [1.807, 2.05) is 55.5 Å². The van der Waals surface area contributed by atoms with Gasteiger partial charge in [0.05, 0.1) is 16.0 Å². The van der Waals surface area contributed by atoms with Crippen molar-refractivity contribution in [3.63, 3.8) is 0 Å². The highest BCUT2D eigenvalue weighted by molar-refractivity contribution is 8.00. The summed E-state index contributed by atoms with van der Waals surface area (Å²) in [7, 11) is 0. The minimum atomic E-state index is 0.397. The highest BCUT2D eigenvalue weighted by Crippen LogP contribution is 2.35. The minimum Gasteiger partial charge on any atom is -0.420 e. The van der Waals surface area contributed by atoms with Crippen LogP contribution < -0.4 is 0 Å². The molecule has 3 aromatic heterocycles. The number of fused-ring (bicyclic) bond motifs is 1. The number of aromatic nitrogens is 4. The van der Waals surface area contributed by atoms with Gasteiger partial charge in [0.2, 0.25) is 5.89 Å². The van der Waals surface area contributed by atoms with Crippen molar-refractivity contribution in [2.24, 2.45) is 0 Å². The number of hydrogen-bond donors (Lipinski definition) is 0. The second-order valence-corrected chi connectivity index (χ2v) is 8.90. The monoisotopic (exact) mass is 440 g/mol. The first-order valence-electron chi connectivity index (χ1n) is 8.71. The van der Waals surface area contributed by atoms with Gasteiger partial charge in [-0.2, -0.15) is 0 Å². The number of benzene rings is 2. The average Bonchev–Trinajstić information content (AvgIpc) is 3.44. The lowest BCUT2D eigenvalue weighted by molar-refractivity contribution is 0.399. The molecule has 29 heavy (non-hydrogen) atoms. The summed E-state index contributed by atoms with van der Waals surface area (Å²) >= 11 is 9.19. The van der Waals surface area contributed by atoms with Crippen molar-refractivity contribution in [3.8, 4) is 22.7 Å². The standard InChI is InChI=1S/C20H13ClN4O2S2/c1-11-17(18(25-27-11)12-5-3-2-4-6-12)19-24-23-16(26-19)10-28-20-22-14-9-13(21)7-8-15(14)29-20/h2-9H,10H2,1H3. The second-order valence-electron chi connectivity index (χ2n) is 6.21. The molecule has 5 rings (SSSR count). The Morgan fingerprint density at radius 1 is 1.10 bits per heavy atom. The molecule has 0 aliphatic rings. The Balaban J connectivity index is 1.38. The Bertz CT molecular complexity index is 1300. The molecule has 0 N–H and O–H groups in total. The van der Waals surface area contributed by atoms with E-state index < -0.39 is 0 Å². The van der Waals surface area contributed by atoms with Gasteiger partial charge >= 0.3 is 0 Å². The summed E-state index contributed by atoms with van der Waals surface area (Å²) < 4.78 is 13.3. The molecule has 0 aliphatic carbocycles. The second kappa shape index (κ2) is 7.62. The first-order chi connectivity index (χ1) is 14.2. The van der Waals surface area contributed by atoms with Crippen LogP contribution in [0.15, 0.2) is 61.8 Å². The molecule has 3 heterocycles. The minimum absolute atomic E-state index is 0.397. The number of thiazole rings is 1. The van der Waals surface area contributed by atoms with Crippen LogP contribution >= 0.6 is 34.7 Å². The Kier molecular flexibility index (Phi) is 4.83. The molecule has 0 radical (unpaired) electrons. The Labute approximate surface area is 178 Å². The molecule has 5 aromatic rings. The van der Waals surface area contributed by atoms with Crippen molar-refractivity contribution in [2.75, 3.05) is 0 Å². The van der Waals surface area contributed by atoms with Crippen molar-refractivity contribution in [2.45, 2.75) is 17.0 Å².